The molecule has 1 saturated carbocycles. The molecule has 214 valence electrons. The van der Waals surface area contributed by atoms with Crippen LogP contribution in [0, 0.1) is 19.9 Å². The number of amides is 1. The van der Waals surface area contributed by atoms with Crippen LogP contribution in [-0.4, -0.2) is 64.4 Å². The average Bonchev–Trinajstić information content (AvgIpc) is 3.71. The summed E-state index contributed by atoms with van der Waals surface area (Å²) in [5.41, 5.74) is 0.957. The quantitative estimate of drug-likeness (QED) is 0.299. The topological polar surface area (TPSA) is 73.4 Å². The summed E-state index contributed by atoms with van der Waals surface area (Å²) >= 11 is 0. The summed E-state index contributed by atoms with van der Waals surface area (Å²) in [7, 11) is 2.09. The number of hydrogen-bond donors (Lipinski definition) is 2. The molecule has 0 radical (unpaired) electrons. The molecule has 0 spiro atoms. The van der Waals surface area contributed by atoms with Crippen LogP contribution in [0.2, 0.25) is 0 Å². The van der Waals surface area contributed by atoms with Crippen molar-refractivity contribution in [1.82, 2.24) is 19.8 Å². The number of halogens is 3. The molecule has 2 aromatic rings. The number of likely N-dealkylation sites (tertiary alicyclic amines) is 2. The molecule has 2 aliphatic heterocycles. The molecule has 3 fully saturated rings. The molecule has 2 N–H and O–H groups in total. The fourth-order valence-electron chi connectivity index (χ4n) is 4.86. The third-order valence-corrected chi connectivity index (χ3v) is 7.56. The Morgan fingerprint density at radius 2 is 1.88 bits per heavy atom. The minimum absolute atomic E-state index is 0. The SMILES string of the molecule is O=C1CCCCN1CCCNc1nc(Nc2cc[c-]cc2C2CC2)ncc1C(F)(F)F.[CH2-]C1CCC([CH2-])N1C.[Li+]. The summed E-state index contributed by atoms with van der Waals surface area (Å²) in [4.78, 5) is 23.9. The summed E-state index contributed by atoms with van der Waals surface area (Å²) in [6.07, 6.45) is 3.81. The fraction of sp³-hybridized carbons (Fsp3) is 0.552. The van der Waals surface area contributed by atoms with E-state index in [1.165, 1.54) is 12.8 Å². The Kier molecular flexibility index (Phi) is 11.7. The van der Waals surface area contributed by atoms with E-state index < -0.39 is 11.7 Å². The minimum atomic E-state index is -4.56. The van der Waals surface area contributed by atoms with E-state index in [1.54, 1.807) is 11.0 Å². The number of aromatic nitrogens is 2. The van der Waals surface area contributed by atoms with Crippen molar-refractivity contribution in [3.8, 4) is 0 Å². The van der Waals surface area contributed by atoms with Crippen molar-refractivity contribution in [2.24, 2.45) is 0 Å². The first-order chi connectivity index (χ1) is 18.6. The Morgan fingerprint density at radius 1 is 1.15 bits per heavy atom. The smallest absolute Gasteiger partial charge is 0.369 e. The maximum atomic E-state index is 13.4. The van der Waals surface area contributed by atoms with Gasteiger partial charge in [-0.1, -0.05) is 37.3 Å². The molecule has 3 heterocycles. The van der Waals surface area contributed by atoms with E-state index in [2.05, 4.69) is 52.5 Å². The summed E-state index contributed by atoms with van der Waals surface area (Å²) in [6, 6.07) is 9.54. The molecule has 0 bridgehead atoms. The van der Waals surface area contributed by atoms with Gasteiger partial charge in [0, 0.05) is 32.3 Å². The van der Waals surface area contributed by atoms with Gasteiger partial charge in [0.05, 0.1) is 0 Å². The van der Waals surface area contributed by atoms with Gasteiger partial charge in [0.15, 0.2) is 0 Å². The Hall–Kier alpha value is -2.28. The largest absolute Gasteiger partial charge is 1.00 e. The number of anilines is 3. The van der Waals surface area contributed by atoms with Crippen LogP contribution in [0.1, 0.15) is 68.4 Å². The standard InChI is InChI=1S/C22H25F3N5O.C7H13N.Li/c23-22(24,25)17-14-27-21(28-18-7-2-1-6-16(18)15-9-10-15)29-20(17)26-11-5-13-30-12-4-3-8-19(30)31;1-6-4-5-7(2)8(6)3;/h2,6-7,14-15H,3-5,8-13H2,(H2,26,27,28,29);6-7H,1-2,4-5H2,3H3;/q-1;-2;+1. The normalized spacial score (nSPS) is 21.4. The summed E-state index contributed by atoms with van der Waals surface area (Å²) < 4.78 is 40.3. The third-order valence-electron chi connectivity index (χ3n) is 7.56. The molecular weight excluding hydrogens is 512 g/mol. The first-order valence-corrected chi connectivity index (χ1v) is 13.7. The first kappa shape index (κ1) is 32.2. The van der Waals surface area contributed by atoms with Crippen LogP contribution in [0.4, 0.5) is 30.6 Å². The number of carbonyl (C=O) groups is 1. The molecule has 3 aliphatic rings. The van der Waals surface area contributed by atoms with E-state index in [0.29, 0.717) is 43.9 Å². The minimum Gasteiger partial charge on any atom is -0.369 e. The number of benzene rings is 1. The number of rotatable bonds is 8. The van der Waals surface area contributed by atoms with Crippen LogP contribution in [-0.2, 0) is 11.0 Å². The van der Waals surface area contributed by atoms with Gasteiger partial charge < -0.3 is 34.3 Å². The van der Waals surface area contributed by atoms with Gasteiger partial charge in [0.25, 0.3) is 0 Å². The van der Waals surface area contributed by atoms with Crippen molar-refractivity contribution in [2.75, 3.05) is 37.3 Å². The zero-order chi connectivity index (χ0) is 28.0. The van der Waals surface area contributed by atoms with Gasteiger partial charge in [-0.3, -0.25) is 4.79 Å². The second kappa shape index (κ2) is 14.6. The Labute approximate surface area is 247 Å². The predicted molar refractivity (Wildman–Crippen MR) is 146 cm³/mol. The summed E-state index contributed by atoms with van der Waals surface area (Å²) in [5, 5.41) is 5.85. The van der Waals surface area contributed by atoms with Gasteiger partial charge in [-0.2, -0.15) is 36.4 Å². The predicted octanol–water partition coefficient (Wildman–Crippen LogP) is 2.85. The van der Waals surface area contributed by atoms with Crippen LogP contribution in [0.5, 0.6) is 0 Å². The number of hydrogen-bond acceptors (Lipinski definition) is 6. The maximum absolute atomic E-state index is 13.4. The van der Waals surface area contributed by atoms with Gasteiger partial charge >= 0.3 is 25.0 Å². The molecule has 1 amide bonds. The second-order valence-electron chi connectivity index (χ2n) is 10.5. The summed E-state index contributed by atoms with van der Waals surface area (Å²) in [5.74, 6) is 0.409. The first-order valence-electron chi connectivity index (χ1n) is 13.7. The molecule has 1 aromatic carbocycles. The van der Waals surface area contributed by atoms with Gasteiger partial charge in [-0.25, -0.2) is 4.98 Å². The Morgan fingerprint density at radius 3 is 2.48 bits per heavy atom. The van der Waals surface area contributed by atoms with E-state index in [1.807, 2.05) is 12.1 Å². The monoisotopic (exact) mass is 550 g/mol. The van der Waals surface area contributed by atoms with Gasteiger partial charge in [0.2, 0.25) is 11.9 Å². The van der Waals surface area contributed by atoms with Gasteiger partial charge in [-0.05, 0) is 26.3 Å². The molecule has 2 saturated heterocycles. The van der Waals surface area contributed by atoms with Crippen molar-refractivity contribution in [3.63, 3.8) is 0 Å². The van der Waals surface area contributed by atoms with E-state index in [-0.39, 0.29) is 43.1 Å². The Balaban J connectivity index is 0.000000423. The van der Waals surface area contributed by atoms with Crippen LogP contribution in [0.15, 0.2) is 24.4 Å². The van der Waals surface area contributed by atoms with Crippen molar-refractivity contribution in [2.45, 2.75) is 75.5 Å². The number of carbonyl (C=O) groups excluding carboxylic acids is 1. The molecule has 7 nitrogen and oxygen atoms in total. The van der Waals surface area contributed by atoms with Crippen molar-refractivity contribution in [1.29, 1.82) is 0 Å². The van der Waals surface area contributed by atoms with E-state index in [0.717, 1.165) is 43.1 Å². The van der Waals surface area contributed by atoms with E-state index >= 15 is 0 Å². The molecule has 11 heteroatoms. The molecule has 2 atom stereocenters. The zero-order valence-electron chi connectivity index (χ0n) is 23.6. The fourth-order valence-corrected chi connectivity index (χ4v) is 4.86. The number of alkyl halides is 3. The van der Waals surface area contributed by atoms with Crippen LogP contribution < -0.4 is 29.5 Å². The van der Waals surface area contributed by atoms with Crippen LogP contribution in [0.25, 0.3) is 0 Å². The maximum Gasteiger partial charge on any atom is 1.00 e. The molecule has 1 aromatic heterocycles. The Bertz CT molecular complexity index is 1100. The molecule has 5 rings (SSSR count). The van der Waals surface area contributed by atoms with Crippen LogP contribution in [0.3, 0.4) is 0 Å². The number of piperidine rings is 1. The van der Waals surface area contributed by atoms with Crippen molar-refractivity contribution >= 4 is 23.4 Å². The second-order valence-corrected chi connectivity index (χ2v) is 10.5. The third kappa shape index (κ3) is 8.86. The van der Waals surface area contributed by atoms with Crippen molar-refractivity contribution < 1.29 is 36.8 Å². The van der Waals surface area contributed by atoms with E-state index in [9.17, 15) is 18.0 Å². The molecule has 40 heavy (non-hydrogen) atoms. The average molecular weight is 551 g/mol. The molecular formula is C29H38F3LiN6O-2. The van der Waals surface area contributed by atoms with Crippen molar-refractivity contribution in [3.05, 3.63) is 55.4 Å². The van der Waals surface area contributed by atoms with Gasteiger partial charge in [-0.15, -0.1) is 23.7 Å². The van der Waals surface area contributed by atoms with Gasteiger partial charge in [0.1, 0.15) is 11.4 Å². The summed E-state index contributed by atoms with van der Waals surface area (Å²) in [6.45, 7) is 9.42. The zero-order valence-corrected chi connectivity index (χ0v) is 23.6. The number of nitrogens with one attached hydrogen (secondary N) is 2. The van der Waals surface area contributed by atoms with Crippen LogP contribution >= 0.6 is 0 Å². The molecule has 1 aliphatic carbocycles. The van der Waals surface area contributed by atoms with E-state index in [4.69, 9.17) is 0 Å². The molecule has 2 unspecified atom stereocenters. The number of nitrogens with zero attached hydrogens (tertiary/aromatic N) is 4.